The molecule has 0 aliphatic heterocycles. The minimum atomic E-state index is -0.257. The van der Waals surface area contributed by atoms with Gasteiger partial charge in [0.15, 0.2) is 5.78 Å². The van der Waals surface area contributed by atoms with Crippen molar-refractivity contribution in [2.75, 3.05) is 13.1 Å². The average Bonchev–Trinajstić information content (AvgIpc) is 2.79. The average molecular weight is 429 g/mol. The zero-order valence-electron chi connectivity index (χ0n) is 18.4. The SMILES string of the molecule is CC(=O)NCCNCc1ccc(O)c(C(=O)/C=C/c2cccc(-c3ccccc3)c2C)c1. The molecule has 0 aromatic heterocycles. The Kier molecular flexibility index (Phi) is 7.95. The van der Waals surface area contributed by atoms with E-state index in [0.29, 0.717) is 19.6 Å². The predicted molar refractivity (Wildman–Crippen MR) is 128 cm³/mol. The Morgan fingerprint density at radius 3 is 2.50 bits per heavy atom. The number of amides is 1. The van der Waals surface area contributed by atoms with Crippen LogP contribution in [-0.4, -0.2) is 29.9 Å². The molecular weight excluding hydrogens is 400 g/mol. The number of phenolic OH excluding ortho intramolecular Hbond substituents is 1. The first-order valence-corrected chi connectivity index (χ1v) is 10.6. The number of carbonyl (C=O) groups is 2. The van der Waals surface area contributed by atoms with Crippen LogP contribution in [0, 0.1) is 6.92 Å². The van der Waals surface area contributed by atoms with Gasteiger partial charge in [0, 0.05) is 26.6 Å². The minimum absolute atomic E-state index is 0.0450. The first-order chi connectivity index (χ1) is 15.5. The summed E-state index contributed by atoms with van der Waals surface area (Å²) >= 11 is 0. The summed E-state index contributed by atoms with van der Waals surface area (Å²) in [4.78, 5) is 23.7. The summed E-state index contributed by atoms with van der Waals surface area (Å²) in [6.45, 7) is 5.19. The molecule has 164 valence electrons. The van der Waals surface area contributed by atoms with Crippen molar-refractivity contribution in [3.63, 3.8) is 0 Å². The third-order valence-corrected chi connectivity index (χ3v) is 5.21. The van der Waals surface area contributed by atoms with Gasteiger partial charge in [-0.25, -0.2) is 0 Å². The molecule has 0 saturated heterocycles. The van der Waals surface area contributed by atoms with Crippen molar-refractivity contribution in [3.8, 4) is 16.9 Å². The fraction of sp³-hybridized carbons (Fsp3) is 0.185. The molecule has 5 nitrogen and oxygen atoms in total. The molecule has 3 N–H and O–H groups in total. The first-order valence-electron chi connectivity index (χ1n) is 10.6. The lowest BCUT2D eigenvalue weighted by atomic mass is 9.96. The molecule has 0 saturated carbocycles. The zero-order valence-corrected chi connectivity index (χ0v) is 18.4. The van der Waals surface area contributed by atoms with Gasteiger partial charge in [-0.15, -0.1) is 0 Å². The monoisotopic (exact) mass is 428 g/mol. The Balaban J connectivity index is 1.71. The van der Waals surface area contributed by atoms with Gasteiger partial charge < -0.3 is 15.7 Å². The van der Waals surface area contributed by atoms with Crippen LogP contribution in [0.25, 0.3) is 17.2 Å². The maximum atomic E-state index is 12.8. The fourth-order valence-electron chi connectivity index (χ4n) is 3.47. The molecule has 0 unspecified atom stereocenters. The number of phenols is 1. The largest absolute Gasteiger partial charge is 0.507 e. The van der Waals surface area contributed by atoms with Gasteiger partial charge in [0.2, 0.25) is 5.91 Å². The van der Waals surface area contributed by atoms with Crippen LogP contribution in [0.1, 0.15) is 34.0 Å². The molecule has 1 amide bonds. The van der Waals surface area contributed by atoms with Gasteiger partial charge in [-0.3, -0.25) is 9.59 Å². The third kappa shape index (κ3) is 6.15. The molecule has 0 fully saturated rings. The Bertz CT molecular complexity index is 1120. The van der Waals surface area contributed by atoms with Gasteiger partial charge in [0.25, 0.3) is 0 Å². The summed E-state index contributed by atoms with van der Waals surface area (Å²) in [6.07, 6.45) is 3.29. The number of nitrogens with one attached hydrogen (secondary N) is 2. The molecule has 5 heteroatoms. The quantitative estimate of drug-likeness (QED) is 0.267. The number of carbonyl (C=O) groups excluding carboxylic acids is 2. The number of benzene rings is 3. The van der Waals surface area contributed by atoms with E-state index < -0.39 is 0 Å². The van der Waals surface area contributed by atoms with Gasteiger partial charge in [0.1, 0.15) is 5.75 Å². The third-order valence-electron chi connectivity index (χ3n) is 5.21. The zero-order chi connectivity index (χ0) is 22.9. The highest BCUT2D eigenvalue weighted by Crippen LogP contribution is 2.26. The minimum Gasteiger partial charge on any atom is -0.507 e. The molecule has 3 rings (SSSR count). The summed E-state index contributed by atoms with van der Waals surface area (Å²) in [5.74, 6) is -0.371. The van der Waals surface area contributed by atoms with Gasteiger partial charge in [-0.2, -0.15) is 0 Å². The van der Waals surface area contributed by atoms with E-state index in [1.807, 2.05) is 37.3 Å². The number of hydrogen-bond donors (Lipinski definition) is 3. The van der Waals surface area contributed by atoms with Crippen LogP contribution in [0.4, 0.5) is 0 Å². The van der Waals surface area contributed by atoms with Gasteiger partial charge in [0.05, 0.1) is 5.56 Å². The maximum Gasteiger partial charge on any atom is 0.216 e. The van der Waals surface area contributed by atoms with Crippen LogP contribution in [-0.2, 0) is 11.3 Å². The van der Waals surface area contributed by atoms with Gasteiger partial charge in [-0.05, 0) is 52.9 Å². The predicted octanol–water partition coefficient (Wildman–Crippen LogP) is 4.49. The van der Waals surface area contributed by atoms with E-state index in [1.165, 1.54) is 19.1 Å². The van der Waals surface area contributed by atoms with E-state index in [4.69, 9.17) is 0 Å². The van der Waals surface area contributed by atoms with E-state index in [9.17, 15) is 14.7 Å². The molecule has 3 aromatic carbocycles. The summed E-state index contributed by atoms with van der Waals surface area (Å²) < 4.78 is 0. The van der Waals surface area contributed by atoms with Crippen LogP contribution in [0.2, 0.25) is 0 Å². The molecule has 0 spiro atoms. The molecule has 0 aliphatic carbocycles. The second-order valence-corrected chi connectivity index (χ2v) is 7.59. The van der Waals surface area contributed by atoms with Crippen molar-refractivity contribution >= 4 is 17.8 Å². The highest BCUT2D eigenvalue weighted by atomic mass is 16.3. The number of hydrogen-bond acceptors (Lipinski definition) is 4. The van der Waals surface area contributed by atoms with Crippen LogP contribution in [0.15, 0.2) is 72.8 Å². The Morgan fingerprint density at radius 1 is 0.969 bits per heavy atom. The van der Waals surface area contributed by atoms with Crippen molar-refractivity contribution < 1.29 is 14.7 Å². The van der Waals surface area contributed by atoms with E-state index in [2.05, 4.69) is 28.8 Å². The Morgan fingerprint density at radius 2 is 1.75 bits per heavy atom. The van der Waals surface area contributed by atoms with Crippen LogP contribution < -0.4 is 10.6 Å². The standard InChI is InChI=1S/C27H28N2O3/c1-19-22(9-6-10-24(19)23-7-4-3-5-8-23)12-14-27(32)25-17-21(11-13-26(25)31)18-28-15-16-29-20(2)30/h3-14,17,28,31H,15-16,18H2,1-2H3,(H,29,30)/b14-12+. The molecule has 0 atom stereocenters. The first kappa shape index (κ1) is 23.0. The summed E-state index contributed by atoms with van der Waals surface area (Å²) in [5.41, 5.74) is 5.43. The van der Waals surface area contributed by atoms with Crippen molar-refractivity contribution in [3.05, 3.63) is 95.1 Å². The van der Waals surface area contributed by atoms with Gasteiger partial charge >= 0.3 is 0 Å². The molecule has 0 heterocycles. The van der Waals surface area contributed by atoms with E-state index in [0.717, 1.165) is 27.8 Å². The number of allylic oxidation sites excluding steroid dienone is 1. The maximum absolute atomic E-state index is 12.8. The van der Waals surface area contributed by atoms with Crippen LogP contribution >= 0.6 is 0 Å². The highest BCUT2D eigenvalue weighted by molar-refractivity contribution is 6.08. The molecule has 0 aliphatic rings. The number of ketones is 1. The van der Waals surface area contributed by atoms with Crippen LogP contribution in [0.5, 0.6) is 5.75 Å². The number of aromatic hydroxyl groups is 1. The lowest BCUT2D eigenvalue weighted by molar-refractivity contribution is -0.118. The van der Waals surface area contributed by atoms with Crippen molar-refractivity contribution in [1.29, 1.82) is 0 Å². The Labute approximate surface area is 188 Å². The highest BCUT2D eigenvalue weighted by Gasteiger charge is 2.10. The smallest absolute Gasteiger partial charge is 0.216 e. The lowest BCUT2D eigenvalue weighted by Gasteiger charge is -2.09. The molecule has 3 aromatic rings. The normalized spacial score (nSPS) is 10.9. The summed E-state index contributed by atoms with van der Waals surface area (Å²) in [7, 11) is 0. The Hall–Kier alpha value is -3.70. The topological polar surface area (TPSA) is 78.4 Å². The van der Waals surface area contributed by atoms with E-state index in [1.54, 1.807) is 18.2 Å². The summed E-state index contributed by atoms with van der Waals surface area (Å²) in [5, 5.41) is 16.1. The van der Waals surface area contributed by atoms with Crippen molar-refractivity contribution in [1.82, 2.24) is 10.6 Å². The summed E-state index contributed by atoms with van der Waals surface area (Å²) in [6, 6.07) is 21.1. The van der Waals surface area contributed by atoms with Crippen LogP contribution in [0.3, 0.4) is 0 Å². The molecule has 0 bridgehead atoms. The van der Waals surface area contributed by atoms with E-state index in [-0.39, 0.29) is 23.0 Å². The van der Waals surface area contributed by atoms with Gasteiger partial charge in [-0.1, -0.05) is 60.7 Å². The molecule has 0 radical (unpaired) electrons. The lowest BCUT2D eigenvalue weighted by Crippen LogP contribution is -2.29. The van der Waals surface area contributed by atoms with Crippen molar-refractivity contribution in [2.24, 2.45) is 0 Å². The molecule has 32 heavy (non-hydrogen) atoms. The van der Waals surface area contributed by atoms with Crippen molar-refractivity contribution in [2.45, 2.75) is 20.4 Å². The van der Waals surface area contributed by atoms with E-state index >= 15 is 0 Å². The number of rotatable bonds is 9. The second-order valence-electron chi connectivity index (χ2n) is 7.59. The second kappa shape index (κ2) is 11.1. The molecular formula is C27H28N2O3. The fourth-order valence-corrected chi connectivity index (χ4v) is 3.47.